The lowest BCUT2D eigenvalue weighted by molar-refractivity contribution is -0.152. The number of benzene rings is 3. The summed E-state index contributed by atoms with van der Waals surface area (Å²) in [7, 11) is 0. The van der Waals surface area contributed by atoms with Crippen LogP contribution in [0.3, 0.4) is 0 Å². The number of rotatable bonds is 36. The van der Waals surface area contributed by atoms with Crippen LogP contribution in [0.1, 0.15) is 74.5 Å². The van der Waals surface area contributed by atoms with Gasteiger partial charge in [0.2, 0.25) is 0 Å². The third-order valence-corrected chi connectivity index (χ3v) is 23.0. The maximum Gasteiger partial charge on any atom is 0.351 e. The fourth-order valence-electron chi connectivity index (χ4n) is 14.7. The number of hydrogen-bond donors (Lipinski definition) is 27. The number of aromatic nitrogens is 11. The largest absolute Gasteiger partial charge is 0.508 e. The number of thioether (sulfide) groups is 1. The lowest BCUT2D eigenvalue weighted by Crippen LogP contribution is -2.39. The number of aromatic hydroxyl groups is 1. The van der Waals surface area contributed by atoms with E-state index in [-0.39, 0.29) is 86.4 Å². The van der Waals surface area contributed by atoms with Crippen LogP contribution in [0.4, 0.5) is 29.1 Å². The molecule has 32 N–H and O–H groups in total. The Morgan fingerprint density at radius 3 is 0.937 bits per heavy atom. The van der Waals surface area contributed by atoms with Gasteiger partial charge >= 0.3 is 58.3 Å². The van der Waals surface area contributed by atoms with Gasteiger partial charge in [0, 0.05) is 54.5 Å². The molecule has 5 fully saturated rings. The van der Waals surface area contributed by atoms with E-state index in [1.165, 1.54) is 73.4 Å². The molecule has 58 heteroatoms. The molecule has 9 aromatic rings. The van der Waals surface area contributed by atoms with Crippen molar-refractivity contribution in [2.45, 2.75) is 199 Å². The molecule has 5 saturated heterocycles. The van der Waals surface area contributed by atoms with Crippen molar-refractivity contribution in [1.29, 1.82) is 0 Å². The van der Waals surface area contributed by atoms with E-state index in [1.807, 2.05) is 74.7 Å². The van der Waals surface area contributed by atoms with Crippen LogP contribution >= 0.6 is 11.8 Å². The highest BCUT2D eigenvalue weighted by atomic mass is 32.2. The molecule has 0 aliphatic carbocycles. The van der Waals surface area contributed by atoms with Crippen molar-refractivity contribution in [1.82, 2.24) is 52.7 Å². The van der Waals surface area contributed by atoms with Crippen LogP contribution in [0, 0.1) is 5.92 Å². The van der Waals surface area contributed by atoms with Crippen LogP contribution < -0.4 is 84.5 Å². The number of aliphatic hydroxyl groups is 10. The number of fused-ring (bicyclic) bond motifs is 1. The first-order chi connectivity index (χ1) is 68.2. The maximum atomic E-state index is 12.4. The number of para-hydroxylation sites is 1. The Morgan fingerprint density at radius 2 is 0.650 bits per heavy atom. The van der Waals surface area contributed by atoms with E-state index in [0.717, 1.165) is 50.4 Å². The normalized spacial score (nSPS) is 25.2. The molecule has 0 radical (unpaired) electrons. The van der Waals surface area contributed by atoms with Crippen molar-refractivity contribution in [3.05, 3.63) is 215 Å². The number of carbonyl (C=O) groups is 5. The number of nitrogens with one attached hydrogen (secondary N) is 6. The first-order valence-electron chi connectivity index (χ1n) is 43.7. The number of nitrogens with two attached hydrogens (primary N) is 5. The average Bonchev–Trinajstić information content (AvgIpc) is 1.67. The third-order valence-electron chi connectivity index (χ3n) is 22.4. The lowest BCUT2D eigenvalue weighted by Gasteiger charge is -2.18. The molecule has 0 saturated carbocycles. The lowest BCUT2D eigenvalue weighted by atomic mass is 10.1. The minimum Gasteiger partial charge on any atom is -0.508 e. The second kappa shape index (κ2) is 52.9. The number of aromatic amines is 1. The number of nitrogens with zero attached hydrogens (tertiary/aromatic N) is 10. The summed E-state index contributed by atoms with van der Waals surface area (Å²) in [6, 6.07) is 25.0. The third kappa shape index (κ3) is 29.7. The monoisotopic (exact) mass is 2040 g/mol. The molecule has 11 heterocycles. The Bertz CT molecular complexity index is 5980. The Morgan fingerprint density at radius 1 is 0.378 bits per heavy atom. The second-order valence-electron chi connectivity index (χ2n) is 33.0. The maximum absolute atomic E-state index is 12.4. The molecule has 25 atom stereocenters. The van der Waals surface area contributed by atoms with E-state index >= 15 is 0 Å². The highest BCUT2D eigenvalue weighted by Gasteiger charge is 2.50. The number of ether oxygens (including phenoxy) is 10. The summed E-state index contributed by atoms with van der Waals surface area (Å²) < 4.78 is 57.7. The molecule has 3 aromatic carbocycles. The zero-order valence-electron chi connectivity index (χ0n) is 76.2. The van der Waals surface area contributed by atoms with Gasteiger partial charge < -0.3 is 137 Å². The summed E-state index contributed by atoms with van der Waals surface area (Å²) in [4.78, 5) is 141. The quantitative estimate of drug-likeness (QED) is 0.00986. The summed E-state index contributed by atoms with van der Waals surface area (Å²) in [5.74, 6) is -2.81. The van der Waals surface area contributed by atoms with E-state index in [9.17, 15) is 104 Å². The molecule has 0 spiro atoms. The fourth-order valence-corrected chi connectivity index (χ4v) is 15.2. The first kappa shape index (κ1) is 112. The van der Waals surface area contributed by atoms with Gasteiger partial charge in [0.25, 0.3) is 0 Å². The Hall–Kier alpha value is -12.9. The molecule has 57 nitrogen and oxygen atoms in total. The second-order valence-corrected chi connectivity index (χ2v) is 34.0. The standard InChI is InChI=1S/C20H23N5O7.C18H22N4O8.C18H22N4O7.C15H24N4O7.C14H22N4O7S/c21-12(7-10-8-22-13-4-2-1-3-11(10)13)19(28)31-9-14-16(26)17(27)18(32-14)25-6-5-15(24-30)23-20(25)29;19-11(7-9-1-3-10(23)4-2-9)17(26)29-8-12-14(24)15(25)16(30-12)22-6-5-13(21-28)20-18(22)27;19-11(8-10-4-2-1-3-5-10)17(25)28-9-12-14(23)15(24)16(29-12)22-7-6-13(21-27)20-18(22)26;1-7(2)5-8(16)14(22)25-6-9-11(20)12(21)13(26-9)19-4-3-10(18-24)17-15(19)23;1-26-5-3-7(15)13(21)24-6-8-10(19)11(20)12(25-8)18-4-2-9(17-23)16-14(18)22/h1-6,8,12,14,16-18,22,26-27,30H,7,9,21H2,(H,23,24,29);1-6,11-12,14-16,23-25,28H,7-8,19H2,(H,20,21,27);1-7,11-12,14-16,23-24,27H,8-9,19H2,(H,20,21,26);3-4,7-9,11-13,20-21,24H,5-6,16H2,1-2H3,(H,17,18,23);2,4,7-8,10-12,19-20,23H,3,5-6,15H2,1H3,(H,16,17,22)/t12-,14+,16+,17+,18+;2*11-,12+,14+,15+,16+;8-,9+,11+,12+,13+;7-,8+,10+,11+,12+/m00000/s1. The van der Waals surface area contributed by atoms with E-state index < -0.39 is 218 Å². The van der Waals surface area contributed by atoms with Crippen molar-refractivity contribution in [3.63, 3.8) is 0 Å². The van der Waals surface area contributed by atoms with Crippen molar-refractivity contribution in [2.24, 2.45) is 34.6 Å². The van der Waals surface area contributed by atoms with Gasteiger partial charge in [-0.1, -0.05) is 74.5 Å². The van der Waals surface area contributed by atoms with E-state index in [1.54, 1.807) is 57.5 Å². The van der Waals surface area contributed by atoms with Gasteiger partial charge in [-0.25, -0.2) is 24.0 Å². The first-order valence-corrected chi connectivity index (χ1v) is 45.1. The average molecular weight is 2040 g/mol. The molecule has 0 amide bonds. The molecular formula is C85H113N21O36S. The van der Waals surface area contributed by atoms with E-state index in [4.69, 9.17) is 102 Å². The topological polar surface area (TPSA) is 882 Å². The molecule has 143 heavy (non-hydrogen) atoms. The van der Waals surface area contributed by atoms with Crippen LogP contribution in [0.15, 0.2) is 170 Å². The number of phenolic OH excluding ortho intramolecular Hbond substituents is 1. The number of H-pyrrole nitrogens is 1. The minimum absolute atomic E-state index is 0.0796. The highest BCUT2D eigenvalue weighted by molar-refractivity contribution is 7.98. The number of phenols is 1. The van der Waals surface area contributed by atoms with Crippen LogP contribution in [0.25, 0.3) is 10.9 Å². The highest BCUT2D eigenvalue weighted by Crippen LogP contribution is 2.35. The molecular weight excluding hydrogens is 1920 g/mol. The summed E-state index contributed by atoms with van der Waals surface area (Å²) in [6.07, 6.45) is -14.3. The summed E-state index contributed by atoms with van der Waals surface area (Å²) in [5.41, 5.74) is 37.0. The zero-order valence-corrected chi connectivity index (χ0v) is 77.0. The summed E-state index contributed by atoms with van der Waals surface area (Å²) in [6.45, 7) is 2.08. The predicted octanol–water partition coefficient (Wildman–Crippen LogP) is -6.62. The molecule has 0 unspecified atom stereocenters. The molecule has 14 rings (SSSR count). The van der Waals surface area contributed by atoms with Crippen molar-refractivity contribution < 1.29 is 154 Å². The van der Waals surface area contributed by atoms with Crippen molar-refractivity contribution in [2.75, 3.05) is 72.4 Å². The molecule has 0 bridgehead atoms. The summed E-state index contributed by atoms with van der Waals surface area (Å²) in [5, 5.41) is 156. The Balaban J connectivity index is 0.000000184. The number of hydrogen-bond acceptors (Lipinski definition) is 52. The van der Waals surface area contributed by atoms with Crippen molar-refractivity contribution >= 4 is 81.6 Å². The smallest absolute Gasteiger partial charge is 0.351 e. The van der Waals surface area contributed by atoms with Gasteiger partial charge in [-0.15, -0.1) is 0 Å². The molecule has 5 aliphatic rings. The fraction of sp³-hybridized carbons (Fsp3) is 0.471. The number of carbonyl (C=O) groups excluding carboxylic acids is 5. The van der Waals surface area contributed by atoms with Crippen molar-refractivity contribution in [3.8, 4) is 5.75 Å². The number of anilines is 5. The van der Waals surface area contributed by atoms with Gasteiger partial charge in [0.1, 0.15) is 161 Å². The number of esters is 5. The molecule has 5 aliphatic heterocycles. The SMILES string of the molecule is CC(C)C[C@H](N)C(=O)OC[C@H]1O[C@@H](n2ccc(NO)nc2=O)[C@H](O)[C@@H]1O.CSCC[C@H](N)C(=O)OC[C@H]1O[C@@H](n2ccc(NO)nc2=O)[C@H](O)[C@@H]1O.N[C@@H](Cc1c[nH]c2ccccc12)C(=O)OC[C@H]1O[C@@H](n2ccc(NO)nc2=O)[C@H](O)[C@@H]1O.N[C@@H](Cc1ccc(O)cc1)C(=O)OC[C@H]1O[C@@H](n2ccc(NO)nc2=O)[C@H](O)[C@@H]1O.N[C@@H](Cc1ccccc1)C(=O)OC[C@H]1O[C@@H](n2ccc(NO)nc2=O)[C@H](O)[C@@H]1O. The van der Waals surface area contributed by atoms with Gasteiger partial charge in [-0.2, -0.15) is 36.7 Å². The van der Waals surface area contributed by atoms with E-state index in [0.29, 0.717) is 18.6 Å². The zero-order chi connectivity index (χ0) is 104. The van der Waals surface area contributed by atoms with Gasteiger partial charge in [0.15, 0.2) is 60.2 Å². The van der Waals surface area contributed by atoms with Crippen LogP contribution in [-0.4, -0.2) is 332 Å². The molecule has 6 aromatic heterocycles. The Labute approximate surface area is 811 Å². The number of aliphatic hydroxyl groups excluding tert-OH is 10. The van der Waals surface area contributed by atoms with Gasteiger partial charge in [-0.3, -0.25) is 100 Å². The van der Waals surface area contributed by atoms with E-state index in [2.05, 4.69) is 29.9 Å². The Kier molecular flexibility index (Phi) is 41.5. The molecule has 780 valence electrons. The minimum atomic E-state index is -1.48. The predicted molar refractivity (Wildman–Crippen MR) is 490 cm³/mol. The van der Waals surface area contributed by atoms with Crippen LogP contribution in [0.5, 0.6) is 5.75 Å². The van der Waals surface area contributed by atoms with Crippen LogP contribution in [0.2, 0.25) is 0 Å². The van der Waals surface area contributed by atoms with Gasteiger partial charge in [-0.05, 0) is 109 Å². The van der Waals surface area contributed by atoms with Crippen LogP contribution in [-0.2, 0) is 90.6 Å². The summed E-state index contributed by atoms with van der Waals surface area (Å²) >= 11 is 1.55. The van der Waals surface area contributed by atoms with Gasteiger partial charge in [0.05, 0.1) is 0 Å².